The van der Waals surface area contributed by atoms with E-state index >= 15 is 0 Å². The highest BCUT2D eigenvalue weighted by molar-refractivity contribution is 14.1. The smallest absolute Gasteiger partial charge is 0.0208 e. The standard InChI is InChI=1S/C14H20INS/c1-2-17-14-5-3-4-13(14)16-10-11-6-8-12(15)9-7-11/h6-9,13-14,16H,2-5,10H2,1H3. The summed E-state index contributed by atoms with van der Waals surface area (Å²) in [4.78, 5) is 0. The third-order valence-corrected chi connectivity index (χ3v) is 5.36. The van der Waals surface area contributed by atoms with Crippen molar-refractivity contribution in [2.75, 3.05) is 5.75 Å². The molecular formula is C14H20INS. The molecule has 2 rings (SSSR count). The van der Waals surface area contributed by atoms with Crippen molar-refractivity contribution in [2.45, 2.75) is 44.0 Å². The average molecular weight is 361 g/mol. The molecule has 1 aliphatic carbocycles. The summed E-state index contributed by atoms with van der Waals surface area (Å²) in [6, 6.07) is 9.55. The fourth-order valence-corrected chi connectivity index (χ4v) is 4.01. The molecule has 0 amide bonds. The van der Waals surface area contributed by atoms with Gasteiger partial charge in [0.1, 0.15) is 0 Å². The molecule has 3 heteroatoms. The van der Waals surface area contributed by atoms with E-state index in [9.17, 15) is 0 Å². The van der Waals surface area contributed by atoms with E-state index in [2.05, 4.69) is 70.9 Å². The van der Waals surface area contributed by atoms with Crippen molar-refractivity contribution in [3.05, 3.63) is 33.4 Å². The molecule has 2 unspecified atom stereocenters. The lowest BCUT2D eigenvalue weighted by Gasteiger charge is -2.20. The van der Waals surface area contributed by atoms with Crippen LogP contribution in [0.5, 0.6) is 0 Å². The second-order valence-corrected chi connectivity index (χ2v) is 7.30. The molecule has 1 N–H and O–H groups in total. The number of halogens is 1. The maximum Gasteiger partial charge on any atom is 0.0208 e. The van der Waals surface area contributed by atoms with Crippen molar-refractivity contribution in [1.82, 2.24) is 5.32 Å². The summed E-state index contributed by atoms with van der Waals surface area (Å²) in [7, 11) is 0. The van der Waals surface area contributed by atoms with Crippen LogP contribution in [0.3, 0.4) is 0 Å². The molecule has 94 valence electrons. The first kappa shape index (κ1) is 13.7. The first-order chi connectivity index (χ1) is 8.29. The summed E-state index contributed by atoms with van der Waals surface area (Å²) in [6.45, 7) is 3.28. The Morgan fingerprint density at radius 1 is 1.29 bits per heavy atom. The largest absolute Gasteiger partial charge is 0.309 e. The summed E-state index contributed by atoms with van der Waals surface area (Å²) in [5, 5.41) is 4.57. The van der Waals surface area contributed by atoms with Crippen LogP contribution in [0.25, 0.3) is 0 Å². The lowest BCUT2D eigenvalue weighted by molar-refractivity contribution is 0.532. The van der Waals surface area contributed by atoms with E-state index in [0.717, 1.165) is 17.8 Å². The summed E-state index contributed by atoms with van der Waals surface area (Å²) in [5.41, 5.74) is 1.40. The molecule has 1 nitrogen and oxygen atoms in total. The van der Waals surface area contributed by atoms with Gasteiger partial charge in [-0.25, -0.2) is 0 Å². The molecule has 0 aromatic heterocycles. The Morgan fingerprint density at radius 3 is 2.76 bits per heavy atom. The zero-order chi connectivity index (χ0) is 12.1. The molecular weight excluding hydrogens is 341 g/mol. The van der Waals surface area contributed by atoms with E-state index in [1.54, 1.807) is 0 Å². The van der Waals surface area contributed by atoms with Gasteiger partial charge in [0.2, 0.25) is 0 Å². The van der Waals surface area contributed by atoms with Crippen molar-refractivity contribution >= 4 is 34.4 Å². The van der Waals surface area contributed by atoms with Gasteiger partial charge >= 0.3 is 0 Å². The van der Waals surface area contributed by atoms with Crippen LogP contribution in [-0.2, 0) is 6.54 Å². The molecule has 1 aromatic rings. The third kappa shape index (κ3) is 4.14. The highest BCUT2D eigenvalue weighted by Crippen LogP contribution is 2.30. The number of benzene rings is 1. The van der Waals surface area contributed by atoms with Crippen LogP contribution in [0.1, 0.15) is 31.7 Å². The molecule has 2 atom stereocenters. The topological polar surface area (TPSA) is 12.0 Å². The van der Waals surface area contributed by atoms with Crippen molar-refractivity contribution < 1.29 is 0 Å². The average Bonchev–Trinajstić information content (AvgIpc) is 2.77. The van der Waals surface area contributed by atoms with Crippen LogP contribution in [0.15, 0.2) is 24.3 Å². The van der Waals surface area contributed by atoms with Gasteiger partial charge in [-0.05, 0) is 58.9 Å². The number of rotatable bonds is 5. The van der Waals surface area contributed by atoms with Gasteiger partial charge in [0.25, 0.3) is 0 Å². The number of nitrogens with one attached hydrogen (secondary N) is 1. The number of hydrogen-bond donors (Lipinski definition) is 1. The van der Waals surface area contributed by atoms with E-state index in [-0.39, 0.29) is 0 Å². The van der Waals surface area contributed by atoms with Crippen LogP contribution < -0.4 is 5.32 Å². The predicted molar refractivity (Wildman–Crippen MR) is 85.6 cm³/mol. The number of thioether (sulfide) groups is 1. The zero-order valence-corrected chi connectivity index (χ0v) is 13.3. The van der Waals surface area contributed by atoms with Crippen molar-refractivity contribution in [3.63, 3.8) is 0 Å². The molecule has 1 saturated carbocycles. The van der Waals surface area contributed by atoms with Gasteiger partial charge in [0.05, 0.1) is 0 Å². The van der Waals surface area contributed by atoms with Gasteiger partial charge in [0, 0.05) is 21.4 Å². The molecule has 17 heavy (non-hydrogen) atoms. The maximum atomic E-state index is 3.73. The monoisotopic (exact) mass is 361 g/mol. The van der Waals surface area contributed by atoms with Gasteiger partial charge in [-0.3, -0.25) is 0 Å². The fourth-order valence-electron chi connectivity index (χ4n) is 2.42. The predicted octanol–water partition coefficient (Wildman–Crippen LogP) is 4.06. The molecule has 1 aromatic carbocycles. The highest BCUT2D eigenvalue weighted by atomic mass is 127. The Labute approximate surface area is 122 Å². The summed E-state index contributed by atoms with van der Waals surface area (Å²) < 4.78 is 1.31. The quantitative estimate of drug-likeness (QED) is 0.794. The van der Waals surface area contributed by atoms with E-state index in [1.807, 2.05) is 0 Å². The Kier molecular flexibility index (Phi) is 5.63. The van der Waals surface area contributed by atoms with E-state index in [1.165, 1.54) is 34.1 Å². The molecule has 0 saturated heterocycles. The molecule has 0 bridgehead atoms. The van der Waals surface area contributed by atoms with Gasteiger partial charge < -0.3 is 5.32 Å². The maximum absolute atomic E-state index is 3.73. The van der Waals surface area contributed by atoms with E-state index < -0.39 is 0 Å². The van der Waals surface area contributed by atoms with Gasteiger partial charge in [0.15, 0.2) is 0 Å². The Bertz CT molecular complexity index is 339. The summed E-state index contributed by atoms with van der Waals surface area (Å²) in [5.74, 6) is 1.24. The van der Waals surface area contributed by atoms with Crippen LogP contribution in [-0.4, -0.2) is 17.0 Å². The summed E-state index contributed by atoms with van der Waals surface area (Å²) >= 11 is 4.47. The van der Waals surface area contributed by atoms with Crippen LogP contribution in [0, 0.1) is 3.57 Å². The van der Waals surface area contributed by atoms with Gasteiger partial charge in [-0.15, -0.1) is 0 Å². The second-order valence-electron chi connectivity index (χ2n) is 4.54. The van der Waals surface area contributed by atoms with Gasteiger partial charge in [-0.1, -0.05) is 25.5 Å². The first-order valence-electron chi connectivity index (χ1n) is 6.39. The zero-order valence-electron chi connectivity index (χ0n) is 10.3. The molecule has 0 spiro atoms. The van der Waals surface area contributed by atoms with Crippen LogP contribution in [0.4, 0.5) is 0 Å². The van der Waals surface area contributed by atoms with Crippen molar-refractivity contribution in [2.24, 2.45) is 0 Å². The molecule has 0 aliphatic heterocycles. The van der Waals surface area contributed by atoms with Crippen molar-refractivity contribution in [3.8, 4) is 0 Å². The van der Waals surface area contributed by atoms with Crippen LogP contribution >= 0.6 is 34.4 Å². The summed E-state index contributed by atoms with van der Waals surface area (Å²) in [6.07, 6.45) is 4.13. The Hall–Kier alpha value is 0.260. The molecule has 1 aliphatic rings. The minimum Gasteiger partial charge on any atom is -0.309 e. The minimum atomic E-state index is 0.722. The highest BCUT2D eigenvalue weighted by Gasteiger charge is 2.26. The van der Waals surface area contributed by atoms with Crippen LogP contribution in [0.2, 0.25) is 0 Å². The molecule has 0 heterocycles. The third-order valence-electron chi connectivity index (χ3n) is 3.31. The SMILES string of the molecule is CCSC1CCCC1NCc1ccc(I)cc1. The minimum absolute atomic E-state index is 0.722. The Morgan fingerprint density at radius 2 is 2.06 bits per heavy atom. The fraction of sp³-hybridized carbons (Fsp3) is 0.571. The Balaban J connectivity index is 1.83. The van der Waals surface area contributed by atoms with E-state index in [0.29, 0.717) is 0 Å². The number of hydrogen-bond acceptors (Lipinski definition) is 2. The molecule has 0 radical (unpaired) electrons. The lowest BCUT2D eigenvalue weighted by Crippen LogP contribution is -2.33. The molecule has 1 fully saturated rings. The first-order valence-corrected chi connectivity index (χ1v) is 8.51. The second kappa shape index (κ2) is 7.00. The van der Waals surface area contributed by atoms with Gasteiger partial charge in [-0.2, -0.15) is 11.8 Å². The van der Waals surface area contributed by atoms with Crippen molar-refractivity contribution in [1.29, 1.82) is 0 Å². The normalized spacial score (nSPS) is 24.1. The van der Waals surface area contributed by atoms with E-state index in [4.69, 9.17) is 0 Å². The lowest BCUT2D eigenvalue weighted by atomic mass is 10.2.